The van der Waals surface area contributed by atoms with Crippen LogP contribution in [-0.2, 0) is 11.8 Å². The van der Waals surface area contributed by atoms with Crippen molar-refractivity contribution in [1.82, 2.24) is 20.1 Å². The predicted octanol–water partition coefficient (Wildman–Crippen LogP) is 4.97. The van der Waals surface area contributed by atoms with E-state index in [-0.39, 0.29) is 16.9 Å². The Morgan fingerprint density at radius 1 is 1.00 bits per heavy atom. The summed E-state index contributed by atoms with van der Waals surface area (Å²) in [4.78, 5) is 17.5. The van der Waals surface area contributed by atoms with Crippen LogP contribution in [0.25, 0.3) is 11.1 Å². The first-order valence-electron chi connectivity index (χ1n) is 11.4. The lowest BCUT2D eigenvalue weighted by Crippen LogP contribution is -2.39. The molecule has 0 radical (unpaired) electrons. The molecule has 0 aliphatic rings. The zero-order valence-corrected chi connectivity index (χ0v) is 19.8. The van der Waals surface area contributed by atoms with E-state index >= 15 is 0 Å². The molecule has 4 rings (SSSR count). The average Bonchev–Trinajstić information content (AvgIpc) is 3.33. The van der Waals surface area contributed by atoms with Crippen LogP contribution in [0.4, 0.5) is 19.0 Å². The number of carbonyl (C=O) groups excluding carboxylic acids is 1. The fraction of sp³-hybridized carbons (Fsp3) is 0.185. The van der Waals surface area contributed by atoms with Crippen LogP contribution in [0.5, 0.6) is 0 Å². The van der Waals surface area contributed by atoms with E-state index in [1.165, 1.54) is 24.3 Å². The summed E-state index contributed by atoms with van der Waals surface area (Å²) in [7, 11) is 1.80. The first-order chi connectivity index (χ1) is 17.7. The third-order valence-corrected chi connectivity index (χ3v) is 5.81. The molecule has 0 spiro atoms. The zero-order chi connectivity index (χ0) is 26.4. The van der Waals surface area contributed by atoms with Crippen LogP contribution in [0.3, 0.4) is 0 Å². The number of alkyl halides is 3. The fourth-order valence-electron chi connectivity index (χ4n) is 3.86. The lowest BCUT2D eigenvalue weighted by atomic mass is 9.96. The molecule has 1 unspecified atom stereocenters. The van der Waals surface area contributed by atoms with Crippen LogP contribution in [0.2, 0.25) is 0 Å². The number of hydrogen-bond acceptors (Lipinski definition) is 5. The molecule has 10 heteroatoms. The van der Waals surface area contributed by atoms with Crippen LogP contribution in [0.15, 0.2) is 85.3 Å². The summed E-state index contributed by atoms with van der Waals surface area (Å²) in [5.74, 6) is -2.16. The number of nitrogens with zero attached hydrogens (tertiary/aromatic N) is 4. The van der Waals surface area contributed by atoms with Gasteiger partial charge in [-0.1, -0.05) is 42.5 Å². The van der Waals surface area contributed by atoms with Crippen LogP contribution in [0.1, 0.15) is 28.7 Å². The Morgan fingerprint density at radius 2 is 1.73 bits per heavy atom. The van der Waals surface area contributed by atoms with Crippen molar-refractivity contribution in [3.05, 3.63) is 102 Å². The van der Waals surface area contributed by atoms with Gasteiger partial charge >= 0.3 is 6.18 Å². The Labute approximate surface area is 211 Å². The molecular weight excluding hydrogens is 481 g/mol. The minimum absolute atomic E-state index is 0.00104. The number of aryl methyl sites for hydroxylation is 1. The zero-order valence-electron chi connectivity index (χ0n) is 19.8. The van der Waals surface area contributed by atoms with E-state index in [9.17, 15) is 18.0 Å². The van der Waals surface area contributed by atoms with E-state index in [0.717, 1.165) is 11.1 Å². The van der Waals surface area contributed by atoms with Gasteiger partial charge in [0.2, 0.25) is 5.91 Å². The number of benzene rings is 2. The Balaban J connectivity index is 1.53. The molecule has 2 aromatic carbocycles. The summed E-state index contributed by atoms with van der Waals surface area (Å²) >= 11 is 0. The molecule has 7 nitrogen and oxygen atoms in total. The van der Waals surface area contributed by atoms with E-state index in [0.29, 0.717) is 5.56 Å². The first kappa shape index (κ1) is 25.6. The van der Waals surface area contributed by atoms with Gasteiger partial charge in [-0.2, -0.15) is 23.5 Å². The van der Waals surface area contributed by atoms with Crippen LogP contribution in [-0.4, -0.2) is 33.4 Å². The third kappa shape index (κ3) is 6.39. The molecule has 4 aromatic rings. The molecule has 2 atom stereocenters. The first-order valence-corrected chi connectivity index (χ1v) is 11.4. The molecule has 1 amide bonds. The van der Waals surface area contributed by atoms with Gasteiger partial charge in [-0.05, 0) is 35.4 Å². The second kappa shape index (κ2) is 11.1. The third-order valence-electron chi connectivity index (χ3n) is 5.81. The lowest BCUT2D eigenvalue weighted by molar-refractivity contribution is -0.150. The summed E-state index contributed by atoms with van der Waals surface area (Å²) in [6, 6.07) is 18.0. The minimum atomic E-state index is -4.57. The van der Waals surface area contributed by atoms with Crippen molar-refractivity contribution in [3.8, 4) is 17.2 Å². The van der Waals surface area contributed by atoms with E-state index in [4.69, 9.17) is 5.26 Å². The number of halogens is 3. The average molecular weight is 505 g/mol. The molecule has 0 aliphatic heterocycles. The number of anilines is 1. The second-order valence-electron chi connectivity index (χ2n) is 8.40. The molecule has 2 N–H and O–H groups in total. The maximum absolute atomic E-state index is 13.9. The number of hydrogen-bond donors (Lipinski definition) is 2. The molecule has 188 valence electrons. The molecule has 0 fully saturated rings. The van der Waals surface area contributed by atoms with Gasteiger partial charge < -0.3 is 10.6 Å². The summed E-state index contributed by atoms with van der Waals surface area (Å²) in [6.45, 7) is -0.546. The van der Waals surface area contributed by atoms with Crippen molar-refractivity contribution in [2.75, 3.05) is 11.9 Å². The van der Waals surface area contributed by atoms with Gasteiger partial charge in [-0.15, -0.1) is 0 Å². The lowest BCUT2D eigenvalue weighted by Gasteiger charge is -2.25. The van der Waals surface area contributed by atoms with Crippen molar-refractivity contribution >= 4 is 11.7 Å². The molecule has 0 saturated heterocycles. The Morgan fingerprint density at radius 3 is 2.30 bits per heavy atom. The molecular formula is C27H23F3N6O. The SMILES string of the molecule is Cn1cc(-c2ccc(NC(=O)[C@H](NCC(c3ccc(C#N)cc3)C(F)(F)F)c3ccccc3)nc2)cn1. The van der Waals surface area contributed by atoms with Crippen molar-refractivity contribution in [2.24, 2.45) is 7.05 Å². The van der Waals surface area contributed by atoms with Crippen LogP contribution < -0.4 is 10.6 Å². The van der Waals surface area contributed by atoms with Crippen LogP contribution >= 0.6 is 0 Å². The number of carbonyl (C=O) groups is 1. The highest BCUT2D eigenvalue weighted by Gasteiger charge is 2.41. The summed E-state index contributed by atoms with van der Waals surface area (Å²) in [5, 5.41) is 18.6. The van der Waals surface area contributed by atoms with E-state index in [1.807, 2.05) is 12.3 Å². The maximum Gasteiger partial charge on any atom is 0.396 e. The maximum atomic E-state index is 13.9. The van der Waals surface area contributed by atoms with Crippen molar-refractivity contribution < 1.29 is 18.0 Å². The van der Waals surface area contributed by atoms with E-state index in [1.54, 1.807) is 66.6 Å². The standard InChI is InChI=1S/C27H23F3N6O/c1-36-17-22(15-34-36)21-11-12-24(32-14-21)35-26(37)25(20-5-3-2-4-6-20)33-16-23(27(28,29)30)19-9-7-18(13-31)8-10-19/h2-12,14-15,17,23,25,33H,16H2,1H3,(H,32,35,37)/t23?,25-/m1/s1. The monoisotopic (exact) mass is 504 g/mol. The quantitative estimate of drug-likeness (QED) is 0.353. The van der Waals surface area contributed by atoms with Crippen molar-refractivity contribution in [2.45, 2.75) is 18.1 Å². The highest BCUT2D eigenvalue weighted by molar-refractivity contribution is 5.95. The summed E-state index contributed by atoms with van der Waals surface area (Å²) in [6.07, 6.45) is 0.538. The molecule has 0 bridgehead atoms. The minimum Gasteiger partial charge on any atom is -0.309 e. The molecule has 0 saturated carbocycles. The topological polar surface area (TPSA) is 95.6 Å². The van der Waals surface area contributed by atoms with Gasteiger partial charge in [0.1, 0.15) is 11.9 Å². The largest absolute Gasteiger partial charge is 0.396 e. The highest BCUT2D eigenvalue weighted by Crippen LogP contribution is 2.35. The van der Waals surface area contributed by atoms with Gasteiger partial charge in [0.15, 0.2) is 0 Å². The molecule has 2 aromatic heterocycles. The number of nitriles is 1. The van der Waals surface area contributed by atoms with Gasteiger partial charge in [0.05, 0.1) is 23.7 Å². The van der Waals surface area contributed by atoms with Gasteiger partial charge in [-0.25, -0.2) is 4.98 Å². The highest BCUT2D eigenvalue weighted by atomic mass is 19.4. The number of rotatable bonds is 8. The molecule has 2 heterocycles. The Kier molecular flexibility index (Phi) is 7.65. The van der Waals surface area contributed by atoms with Crippen LogP contribution in [0, 0.1) is 11.3 Å². The second-order valence-corrected chi connectivity index (χ2v) is 8.40. The number of pyridine rings is 1. The normalized spacial score (nSPS) is 12.9. The van der Waals surface area contributed by atoms with Gasteiger partial charge in [-0.3, -0.25) is 9.48 Å². The van der Waals surface area contributed by atoms with Crippen molar-refractivity contribution in [3.63, 3.8) is 0 Å². The summed E-state index contributed by atoms with van der Waals surface area (Å²) in [5.41, 5.74) is 2.43. The Hall–Kier alpha value is -4.49. The fourth-order valence-corrected chi connectivity index (χ4v) is 3.86. The number of nitrogens with one attached hydrogen (secondary N) is 2. The van der Waals surface area contributed by atoms with E-state index < -0.39 is 30.6 Å². The molecule has 37 heavy (non-hydrogen) atoms. The van der Waals surface area contributed by atoms with Gasteiger partial charge in [0.25, 0.3) is 0 Å². The van der Waals surface area contributed by atoms with Crippen molar-refractivity contribution in [1.29, 1.82) is 5.26 Å². The van der Waals surface area contributed by atoms with Gasteiger partial charge in [0, 0.05) is 37.1 Å². The predicted molar refractivity (Wildman–Crippen MR) is 132 cm³/mol. The smallest absolute Gasteiger partial charge is 0.309 e. The Bertz CT molecular complexity index is 1380. The number of aromatic nitrogens is 3. The van der Waals surface area contributed by atoms with E-state index in [2.05, 4.69) is 20.7 Å². The summed E-state index contributed by atoms with van der Waals surface area (Å²) < 4.78 is 43.5. The number of amides is 1. The molecule has 0 aliphatic carbocycles.